The van der Waals surface area contributed by atoms with E-state index in [0.717, 1.165) is 39.4 Å². The molecule has 0 aromatic heterocycles. The van der Waals surface area contributed by atoms with E-state index in [1.807, 2.05) is 163 Å². The van der Waals surface area contributed by atoms with Crippen molar-refractivity contribution in [3.63, 3.8) is 0 Å². The number of para-hydroxylation sites is 1. The topological polar surface area (TPSA) is 260 Å². The van der Waals surface area contributed by atoms with Gasteiger partial charge in [-0.1, -0.05) is 199 Å². The van der Waals surface area contributed by atoms with Gasteiger partial charge in [0.2, 0.25) is 0 Å². The standard InChI is InChI=1S/2C9H13N.7C8H11N.C7H9N/c1-7-3-4-9(6-10)8(2)5-7;1-7-4-3-5-9(6-10)8(7)2;1-6-3-7(2)5-8(9)4-6;1-6-3-4-8(9)5-7(6)2;1-6-3-4-7(2)8(9)5-6;1-6-4-3-5-7(2)8(6)9;1-7-2-4-8(6-9)5-3-7;1-7-3-2-4-8(5-7)6-9;1-7-4-2-3-5-8(7)6-9;8-6-7-4-2-1-3-5-7/h2*3-5H,6,10H2,1-2H3;4*3-5H,9H2,1-2H3;3*2-5H,6,9H2,1H3;1-5H,6,8H2. The van der Waals surface area contributed by atoms with Crippen molar-refractivity contribution in [1.82, 2.24) is 0 Å². The molecule has 0 aliphatic rings. The molecule has 0 aliphatic carbocycles. The molecule has 10 aromatic rings. The van der Waals surface area contributed by atoms with Crippen molar-refractivity contribution in [2.45, 2.75) is 143 Å². The summed E-state index contributed by atoms with van der Waals surface area (Å²) >= 11 is 0. The first-order chi connectivity index (χ1) is 43.2. The average molecular weight is 1230 g/mol. The van der Waals surface area contributed by atoms with Crippen LogP contribution in [0.4, 0.5) is 22.7 Å². The summed E-state index contributed by atoms with van der Waals surface area (Å²) < 4.78 is 0. The average Bonchev–Trinajstić information content (AvgIpc) is 3.71. The minimum atomic E-state index is 0.639. The maximum atomic E-state index is 5.68. The molecule has 486 valence electrons. The molecule has 10 rings (SSSR count). The highest BCUT2D eigenvalue weighted by Crippen LogP contribution is 2.16. The quantitative estimate of drug-likeness (QED) is 0.0704. The van der Waals surface area contributed by atoms with E-state index in [1.54, 1.807) is 0 Å². The van der Waals surface area contributed by atoms with Crippen molar-refractivity contribution < 1.29 is 0 Å². The van der Waals surface area contributed by atoms with Crippen LogP contribution < -0.4 is 57.3 Å². The Bertz CT molecular complexity index is 3490. The van der Waals surface area contributed by atoms with E-state index < -0.39 is 0 Å². The lowest BCUT2D eigenvalue weighted by Gasteiger charge is -2.04. The summed E-state index contributed by atoms with van der Waals surface area (Å²) in [6.07, 6.45) is 0. The van der Waals surface area contributed by atoms with Crippen LogP contribution in [0.2, 0.25) is 0 Å². The molecule has 10 nitrogen and oxygen atoms in total. The van der Waals surface area contributed by atoms with Gasteiger partial charge >= 0.3 is 0 Å². The number of benzene rings is 10. The molecule has 0 fully saturated rings. The van der Waals surface area contributed by atoms with E-state index in [2.05, 4.69) is 153 Å². The molecule has 0 spiro atoms. The molecule has 0 amide bonds. The third-order valence-electron chi connectivity index (χ3n) is 14.6. The van der Waals surface area contributed by atoms with Gasteiger partial charge in [-0.15, -0.1) is 0 Å². The summed E-state index contributed by atoms with van der Waals surface area (Å²) in [5.74, 6) is 0. The first-order valence-electron chi connectivity index (χ1n) is 31.0. The van der Waals surface area contributed by atoms with Crippen LogP contribution in [0.1, 0.15) is 117 Å². The van der Waals surface area contributed by atoms with Gasteiger partial charge in [0.25, 0.3) is 0 Å². The summed E-state index contributed by atoms with van der Waals surface area (Å²) in [4.78, 5) is 0. The lowest BCUT2D eigenvalue weighted by Crippen LogP contribution is -1.99. The summed E-state index contributed by atoms with van der Waals surface area (Å²) in [6, 6.07) is 71.3. The maximum absolute atomic E-state index is 5.68. The molecule has 0 aliphatic heterocycles. The molecule has 0 radical (unpaired) electrons. The van der Waals surface area contributed by atoms with Crippen molar-refractivity contribution in [2.75, 3.05) is 22.9 Å². The SMILES string of the molecule is Cc1cc(C)cc(N)c1.Cc1ccc(C)c(N)c1.Cc1ccc(CN)c(C)c1.Cc1ccc(CN)cc1.Cc1ccc(N)cc1C.Cc1cccc(C)c1N.Cc1cccc(CN)c1.Cc1cccc(CN)c1C.Cc1ccccc1CN.NCc1ccccc1. The molecular formula is C81H112N10. The van der Waals surface area contributed by atoms with Gasteiger partial charge in [-0.25, -0.2) is 0 Å². The highest BCUT2D eigenvalue weighted by molar-refractivity contribution is 5.52. The molecule has 91 heavy (non-hydrogen) atoms. The second kappa shape index (κ2) is 45.4. The molecule has 0 heterocycles. The second-order valence-corrected chi connectivity index (χ2v) is 22.8. The van der Waals surface area contributed by atoms with Crippen molar-refractivity contribution in [2.24, 2.45) is 34.4 Å². The number of anilines is 4. The second-order valence-electron chi connectivity index (χ2n) is 22.8. The van der Waals surface area contributed by atoms with Gasteiger partial charge in [0.15, 0.2) is 0 Å². The van der Waals surface area contributed by atoms with Crippen LogP contribution in [-0.2, 0) is 39.3 Å². The first kappa shape index (κ1) is 80.2. The summed E-state index contributed by atoms with van der Waals surface area (Å²) in [5, 5.41) is 0. The Morgan fingerprint density at radius 3 is 1.08 bits per heavy atom. The number of nitrogens with two attached hydrogens (primary N) is 10. The van der Waals surface area contributed by atoms with Crippen molar-refractivity contribution in [3.8, 4) is 0 Å². The van der Waals surface area contributed by atoms with Gasteiger partial charge < -0.3 is 57.3 Å². The smallest absolute Gasteiger partial charge is 0.0373 e. The Morgan fingerprint density at radius 2 is 0.648 bits per heavy atom. The number of aryl methyl sites for hydroxylation is 14. The van der Waals surface area contributed by atoms with Crippen LogP contribution >= 0.6 is 0 Å². The molecule has 0 atom stereocenters. The van der Waals surface area contributed by atoms with E-state index >= 15 is 0 Å². The van der Waals surface area contributed by atoms with Gasteiger partial charge in [0.1, 0.15) is 0 Å². The van der Waals surface area contributed by atoms with Gasteiger partial charge in [0.05, 0.1) is 0 Å². The molecule has 0 saturated heterocycles. The highest BCUT2D eigenvalue weighted by atomic mass is 14.6. The van der Waals surface area contributed by atoms with Crippen molar-refractivity contribution >= 4 is 22.7 Å². The Labute approximate surface area is 549 Å². The Morgan fingerprint density at radius 1 is 0.220 bits per heavy atom. The summed E-state index contributed by atoms with van der Waals surface area (Å²) in [6.45, 7) is 34.8. The minimum absolute atomic E-state index is 0.639. The fourth-order valence-electron chi connectivity index (χ4n) is 8.49. The zero-order chi connectivity index (χ0) is 68.4. The molecule has 0 unspecified atom stereocenters. The van der Waals surface area contributed by atoms with Gasteiger partial charge in [-0.3, -0.25) is 0 Å². The first-order valence-corrected chi connectivity index (χ1v) is 31.0. The third-order valence-corrected chi connectivity index (χ3v) is 14.6. The van der Waals surface area contributed by atoms with Gasteiger partial charge in [0, 0.05) is 62.0 Å². The van der Waals surface area contributed by atoms with Crippen molar-refractivity contribution in [3.05, 3.63) is 329 Å². The number of hydrogen-bond donors (Lipinski definition) is 10. The fraction of sp³-hybridized carbons (Fsp3) is 0.259. The summed E-state index contributed by atoms with van der Waals surface area (Å²) in [5.41, 5.74) is 84.6. The Hall–Kier alpha value is -8.84. The number of rotatable bonds is 6. The van der Waals surface area contributed by atoms with Gasteiger partial charge in [-0.05, 0) is 234 Å². The number of nitrogen functional groups attached to an aromatic ring is 4. The Balaban J connectivity index is 0.000000506. The van der Waals surface area contributed by atoms with E-state index in [1.165, 1.54) is 100 Å². The number of hydrogen-bond acceptors (Lipinski definition) is 10. The van der Waals surface area contributed by atoms with Crippen LogP contribution in [0.5, 0.6) is 0 Å². The highest BCUT2D eigenvalue weighted by Gasteiger charge is 1.98. The van der Waals surface area contributed by atoms with Crippen LogP contribution in [0, 0.1) is 104 Å². The van der Waals surface area contributed by atoms with E-state index in [0.29, 0.717) is 39.3 Å². The van der Waals surface area contributed by atoms with Gasteiger partial charge in [-0.2, -0.15) is 0 Å². The molecule has 20 N–H and O–H groups in total. The zero-order valence-electron chi connectivity index (χ0n) is 57.7. The molecule has 10 aromatic carbocycles. The van der Waals surface area contributed by atoms with E-state index in [-0.39, 0.29) is 0 Å². The fourth-order valence-corrected chi connectivity index (χ4v) is 8.49. The van der Waals surface area contributed by atoms with E-state index in [4.69, 9.17) is 57.3 Å². The largest absolute Gasteiger partial charge is 0.399 e. The molecule has 0 bridgehead atoms. The normalized spacial score (nSPS) is 9.59. The van der Waals surface area contributed by atoms with Crippen LogP contribution in [0.3, 0.4) is 0 Å². The van der Waals surface area contributed by atoms with E-state index in [9.17, 15) is 0 Å². The molecule has 10 heteroatoms. The monoisotopic (exact) mass is 1220 g/mol. The van der Waals surface area contributed by atoms with Crippen LogP contribution in [-0.4, -0.2) is 0 Å². The Kier molecular flexibility index (Phi) is 40.0. The summed E-state index contributed by atoms with van der Waals surface area (Å²) in [7, 11) is 0. The molecule has 0 saturated carbocycles. The van der Waals surface area contributed by atoms with Crippen molar-refractivity contribution in [1.29, 1.82) is 0 Å². The zero-order valence-corrected chi connectivity index (χ0v) is 57.7. The lowest BCUT2D eigenvalue weighted by molar-refractivity contribution is 1.04. The maximum Gasteiger partial charge on any atom is 0.0373 e. The third kappa shape index (κ3) is 34.6. The van der Waals surface area contributed by atoms with Crippen LogP contribution in [0.15, 0.2) is 212 Å². The predicted octanol–water partition coefficient (Wildman–Crippen LogP) is 16.6. The predicted molar refractivity (Wildman–Crippen MR) is 400 cm³/mol. The molecular weight excluding hydrogens is 1110 g/mol. The lowest BCUT2D eigenvalue weighted by atomic mass is 10.0. The van der Waals surface area contributed by atoms with Crippen LogP contribution in [0.25, 0.3) is 0 Å². The minimum Gasteiger partial charge on any atom is -0.399 e.